The van der Waals surface area contributed by atoms with Crippen LogP contribution in [0.15, 0.2) is 18.2 Å². The number of fused-ring (bicyclic) bond motifs is 1. The fourth-order valence-electron chi connectivity index (χ4n) is 3.41. The maximum Gasteiger partial charge on any atom is 0.255 e. The van der Waals surface area contributed by atoms with Gasteiger partial charge in [0.25, 0.3) is 5.91 Å². The number of hydrogen-bond acceptors (Lipinski definition) is 5. The SMILES string of the molecule is CNCC(C)NCc1ccc2c(c1)CN(C1CCC(=O)NC1=O)C2=O. The number of imide groups is 1. The van der Waals surface area contributed by atoms with Crippen molar-refractivity contribution in [3.8, 4) is 0 Å². The predicted octanol–water partition coefficient (Wildman–Crippen LogP) is 0.145. The van der Waals surface area contributed by atoms with Gasteiger partial charge in [0.05, 0.1) is 0 Å². The van der Waals surface area contributed by atoms with E-state index in [1.54, 1.807) is 4.90 Å². The third kappa shape index (κ3) is 3.72. The first kappa shape index (κ1) is 17.6. The summed E-state index contributed by atoms with van der Waals surface area (Å²) in [5.41, 5.74) is 2.70. The lowest BCUT2D eigenvalue weighted by molar-refractivity contribution is -0.136. The maximum absolute atomic E-state index is 12.6. The van der Waals surface area contributed by atoms with E-state index in [0.717, 1.165) is 24.2 Å². The molecule has 25 heavy (non-hydrogen) atoms. The van der Waals surface area contributed by atoms with Gasteiger partial charge in [-0.3, -0.25) is 19.7 Å². The minimum Gasteiger partial charge on any atom is -0.322 e. The zero-order valence-corrected chi connectivity index (χ0v) is 14.6. The summed E-state index contributed by atoms with van der Waals surface area (Å²) in [6.45, 7) is 4.13. The average Bonchev–Trinajstić information content (AvgIpc) is 2.89. The van der Waals surface area contributed by atoms with E-state index in [-0.39, 0.29) is 24.1 Å². The van der Waals surface area contributed by atoms with Gasteiger partial charge < -0.3 is 15.5 Å². The van der Waals surface area contributed by atoms with E-state index in [9.17, 15) is 14.4 Å². The molecule has 7 heteroatoms. The number of benzene rings is 1. The maximum atomic E-state index is 12.6. The molecule has 2 aliphatic heterocycles. The molecule has 7 nitrogen and oxygen atoms in total. The fourth-order valence-corrected chi connectivity index (χ4v) is 3.41. The normalized spacial score (nSPS) is 21.3. The molecule has 1 fully saturated rings. The van der Waals surface area contributed by atoms with Crippen molar-refractivity contribution in [1.29, 1.82) is 0 Å². The van der Waals surface area contributed by atoms with Gasteiger partial charge in [0.2, 0.25) is 11.8 Å². The van der Waals surface area contributed by atoms with Crippen molar-refractivity contribution in [1.82, 2.24) is 20.9 Å². The minimum absolute atomic E-state index is 0.132. The smallest absolute Gasteiger partial charge is 0.255 e. The van der Waals surface area contributed by atoms with Gasteiger partial charge in [-0.15, -0.1) is 0 Å². The van der Waals surface area contributed by atoms with Crippen molar-refractivity contribution in [2.75, 3.05) is 13.6 Å². The van der Waals surface area contributed by atoms with Gasteiger partial charge in [0, 0.05) is 37.7 Å². The Morgan fingerprint density at radius 3 is 2.84 bits per heavy atom. The highest BCUT2D eigenvalue weighted by Crippen LogP contribution is 2.28. The number of hydrogen-bond donors (Lipinski definition) is 3. The highest BCUT2D eigenvalue weighted by molar-refractivity contribution is 6.05. The van der Waals surface area contributed by atoms with Crippen LogP contribution in [0, 0.1) is 0 Å². The van der Waals surface area contributed by atoms with Gasteiger partial charge in [0.1, 0.15) is 6.04 Å². The van der Waals surface area contributed by atoms with Crippen LogP contribution in [0.25, 0.3) is 0 Å². The van der Waals surface area contributed by atoms with Crippen molar-refractivity contribution in [3.05, 3.63) is 34.9 Å². The number of carbonyl (C=O) groups is 3. The summed E-state index contributed by atoms with van der Waals surface area (Å²) in [5.74, 6) is -0.776. The molecular weight excluding hydrogens is 320 g/mol. The Kier molecular flexibility index (Phi) is 5.15. The van der Waals surface area contributed by atoms with Crippen molar-refractivity contribution >= 4 is 17.7 Å². The number of amides is 3. The van der Waals surface area contributed by atoms with E-state index in [2.05, 4.69) is 22.9 Å². The summed E-state index contributed by atoms with van der Waals surface area (Å²) in [4.78, 5) is 37.6. The Bertz CT molecular complexity index is 704. The van der Waals surface area contributed by atoms with Crippen molar-refractivity contribution in [2.45, 2.75) is 44.9 Å². The van der Waals surface area contributed by atoms with Gasteiger partial charge in [-0.1, -0.05) is 12.1 Å². The molecule has 3 N–H and O–H groups in total. The molecule has 2 atom stereocenters. The topological polar surface area (TPSA) is 90.5 Å². The van der Waals surface area contributed by atoms with Crippen molar-refractivity contribution in [3.63, 3.8) is 0 Å². The molecule has 2 aliphatic rings. The molecule has 134 valence electrons. The number of nitrogens with one attached hydrogen (secondary N) is 3. The standard InChI is InChI=1S/C18H24N4O3/c1-11(8-19-2)20-9-12-3-4-14-13(7-12)10-22(18(14)25)15-5-6-16(23)21-17(15)24/h3-4,7,11,15,19-20H,5-6,8-10H2,1-2H3,(H,21,23,24). The molecule has 0 spiro atoms. The zero-order valence-electron chi connectivity index (χ0n) is 14.6. The van der Waals surface area contributed by atoms with Crippen LogP contribution in [0.3, 0.4) is 0 Å². The second-order valence-corrected chi connectivity index (χ2v) is 6.73. The monoisotopic (exact) mass is 344 g/mol. The van der Waals surface area contributed by atoms with E-state index < -0.39 is 6.04 Å². The van der Waals surface area contributed by atoms with Gasteiger partial charge in [0.15, 0.2) is 0 Å². The summed E-state index contributed by atoms with van der Waals surface area (Å²) in [6, 6.07) is 5.60. The molecule has 3 rings (SSSR count). The fraction of sp³-hybridized carbons (Fsp3) is 0.500. The molecule has 1 aromatic carbocycles. The molecular formula is C18H24N4O3. The number of piperidine rings is 1. The average molecular weight is 344 g/mol. The lowest BCUT2D eigenvalue weighted by atomic mass is 10.0. The first-order valence-corrected chi connectivity index (χ1v) is 8.64. The number of carbonyl (C=O) groups excluding carboxylic acids is 3. The Morgan fingerprint density at radius 1 is 1.32 bits per heavy atom. The third-order valence-electron chi connectivity index (χ3n) is 4.75. The second-order valence-electron chi connectivity index (χ2n) is 6.73. The van der Waals surface area contributed by atoms with Crippen LogP contribution >= 0.6 is 0 Å². The van der Waals surface area contributed by atoms with Crippen LogP contribution in [0.5, 0.6) is 0 Å². The molecule has 0 bridgehead atoms. The molecule has 0 saturated carbocycles. The zero-order chi connectivity index (χ0) is 18.0. The van der Waals surface area contributed by atoms with E-state index in [1.165, 1.54) is 0 Å². The summed E-state index contributed by atoms with van der Waals surface area (Å²) < 4.78 is 0. The Labute approximate surface area is 147 Å². The number of likely N-dealkylation sites (N-methyl/N-ethyl adjacent to an activating group) is 1. The van der Waals surface area contributed by atoms with E-state index in [4.69, 9.17) is 0 Å². The van der Waals surface area contributed by atoms with Crippen LogP contribution in [0.1, 0.15) is 41.3 Å². The van der Waals surface area contributed by atoms with E-state index >= 15 is 0 Å². The molecule has 1 saturated heterocycles. The second kappa shape index (κ2) is 7.33. The van der Waals surface area contributed by atoms with E-state index in [1.807, 2.05) is 25.2 Å². The Morgan fingerprint density at radius 2 is 2.12 bits per heavy atom. The van der Waals surface area contributed by atoms with Gasteiger partial charge >= 0.3 is 0 Å². The quantitative estimate of drug-likeness (QED) is 0.639. The highest BCUT2D eigenvalue weighted by atomic mass is 16.2. The molecule has 2 heterocycles. The molecule has 2 unspecified atom stereocenters. The summed E-state index contributed by atoms with van der Waals surface area (Å²) in [6.07, 6.45) is 0.662. The van der Waals surface area contributed by atoms with Gasteiger partial charge in [-0.05, 0) is 37.6 Å². The molecule has 0 aromatic heterocycles. The highest BCUT2D eigenvalue weighted by Gasteiger charge is 2.38. The Balaban J connectivity index is 1.69. The predicted molar refractivity (Wildman–Crippen MR) is 92.7 cm³/mol. The van der Waals surface area contributed by atoms with Crippen LogP contribution in [0.4, 0.5) is 0 Å². The van der Waals surface area contributed by atoms with Crippen LogP contribution < -0.4 is 16.0 Å². The molecule has 0 radical (unpaired) electrons. The minimum atomic E-state index is -0.560. The lowest BCUT2D eigenvalue weighted by Crippen LogP contribution is -2.52. The van der Waals surface area contributed by atoms with Crippen LogP contribution in [0.2, 0.25) is 0 Å². The molecule has 3 amide bonds. The Hall–Kier alpha value is -2.25. The van der Waals surface area contributed by atoms with Crippen molar-refractivity contribution in [2.24, 2.45) is 0 Å². The van der Waals surface area contributed by atoms with Crippen molar-refractivity contribution < 1.29 is 14.4 Å². The first-order valence-electron chi connectivity index (χ1n) is 8.64. The number of rotatable bonds is 6. The van der Waals surface area contributed by atoms with E-state index in [0.29, 0.717) is 24.6 Å². The van der Waals surface area contributed by atoms with Crippen LogP contribution in [-0.4, -0.2) is 48.3 Å². The summed E-state index contributed by atoms with van der Waals surface area (Å²) in [5, 5.41) is 8.87. The summed E-state index contributed by atoms with van der Waals surface area (Å²) >= 11 is 0. The number of nitrogens with zero attached hydrogens (tertiary/aromatic N) is 1. The van der Waals surface area contributed by atoms with Crippen LogP contribution in [-0.2, 0) is 22.7 Å². The van der Waals surface area contributed by atoms with Gasteiger partial charge in [-0.2, -0.15) is 0 Å². The largest absolute Gasteiger partial charge is 0.322 e. The van der Waals surface area contributed by atoms with Gasteiger partial charge in [-0.25, -0.2) is 0 Å². The molecule has 0 aliphatic carbocycles. The lowest BCUT2D eigenvalue weighted by Gasteiger charge is -2.29. The third-order valence-corrected chi connectivity index (χ3v) is 4.75. The molecule has 1 aromatic rings. The summed E-state index contributed by atoms with van der Waals surface area (Å²) in [7, 11) is 1.92. The first-order chi connectivity index (χ1) is 12.0.